The molecule has 1 aliphatic heterocycles. The molecular formula is C28H30N2O4. The zero-order valence-electron chi connectivity index (χ0n) is 20.3. The van der Waals surface area contributed by atoms with E-state index in [0.29, 0.717) is 36.1 Å². The molecule has 6 heteroatoms. The molecule has 2 aromatic carbocycles. The lowest BCUT2D eigenvalue weighted by Gasteiger charge is -2.34. The Labute approximate surface area is 199 Å². The highest BCUT2D eigenvalue weighted by molar-refractivity contribution is 6.01. The van der Waals surface area contributed by atoms with Crippen LogP contribution in [-0.4, -0.2) is 25.2 Å². The third-order valence-electron chi connectivity index (χ3n) is 7.07. The van der Waals surface area contributed by atoms with Crippen LogP contribution in [0.4, 0.5) is 5.88 Å². The summed E-state index contributed by atoms with van der Waals surface area (Å²) < 4.78 is 16.5. The van der Waals surface area contributed by atoms with E-state index in [1.165, 1.54) is 5.56 Å². The van der Waals surface area contributed by atoms with E-state index < -0.39 is 0 Å². The van der Waals surface area contributed by atoms with Gasteiger partial charge in [0.2, 0.25) is 5.88 Å². The fraction of sp³-hybridized carbons (Fsp3) is 0.357. The van der Waals surface area contributed by atoms with Crippen molar-refractivity contribution < 1.29 is 18.8 Å². The Balaban J connectivity index is 1.56. The molecule has 3 aromatic rings. The molecule has 1 aromatic heterocycles. The zero-order chi connectivity index (χ0) is 24.0. The number of hydrogen-bond donors (Lipinski definition) is 1. The van der Waals surface area contributed by atoms with Crippen molar-refractivity contribution in [2.24, 2.45) is 0 Å². The molecule has 176 valence electrons. The van der Waals surface area contributed by atoms with Gasteiger partial charge in [-0.2, -0.15) is 0 Å². The number of ketones is 1. The molecule has 34 heavy (non-hydrogen) atoms. The first kappa shape index (κ1) is 22.3. The van der Waals surface area contributed by atoms with Crippen LogP contribution >= 0.6 is 0 Å². The van der Waals surface area contributed by atoms with E-state index in [1.54, 1.807) is 14.2 Å². The number of aromatic nitrogens is 1. The van der Waals surface area contributed by atoms with Gasteiger partial charge in [-0.1, -0.05) is 49.3 Å². The van der Waals surface area contributed by atoms with Gasteiger partial charge in [0.05, 0.1) is 25.5 Å². The largest absolute Gasteiger partial charge is 0.493 e. The Hall–Kier alpha value is -3.54. The summed E-state index contributed by atoms with van der Waals surface area (Å²) in [5, 5.41) is 7.62. The van der Waals surface area contributed by atoms with Crippen molar-refractivity contribution in [2.45, 2.75) is 51.4 Å². The number of allylic oxidation sites excluding steroid dienone is 2. The maximum atomic E-state index is 13.7. The number of ether oxygens (including phenoxy) is 2. The van der Waals surface area contributed by atoms with E-state index in [4.69, 9.17) is 14.0 Å². The first-order chi connectivity index (χ1) is 16.4. The summed E-state index contributed by atoms with van der Waals surface area (Å²) >= 11 is 0. The van der Waals surface area contributed by atoms with Gasteiger partial charge >= 0.3 is 0 Å². The van der Waals surface area contributed by atoms with Crippen molar-refractivity contribution in [3.05, 3.63) is 81.7 Å². The number of hydrogen-bond acceptors (Lipinski definition) is 6. The maximum absolute atomic E-state index is 13.7. The number of aryl methyl sites for hydroxylation is 1. The van der Waals surface area contributed by atoms with E-state index in [-0.39, 0.29) is 17.6 Å². The second-order valence-electron chi connectivity index (χ2n) is 9.43. The summed E-state index contributed by atoms with van der Waals surface area (Å²) in [6, 6.07) is 14.5. The number of rotatable bonds is 5. The Morgan fingerprint density at radius 2 is 1.71 bits per heavy atom. The van der Waals surface area contributed by atoms with Crippen molar-refractivity contribution in [3.63, 3.8) is 0 Å². The van der Waals surface area contributed by atoms with Crippen LogP contribution in [0.15, 0.2) is 58.3 Å². The molecule has 2 aliphatic rings. The highest BCUT2D eigenvalue weighted by Crippen LogP contribution is 2.49. The molecular weight excluding hydrogens is 428 g/mol. The molecule has 0 bridgehead atoms. The standard InChI is InChI=1S/C28H30N2O4/c1-15(2)17-6-8-18(9-7-17)26-25-16(3)30-34-28(25)29-21-12-20(13-22(31)27(21)26)19-10-11-23(32-4)24(14-19)33-5/h6-11,14-15,20,26,29H,12-13H2,1-5H3/t20-,26-/m0/s1. The fourth-order valence-electron chi connectivity index (χ4n) is 5.22. The average Bonchev–Trinajstić information content (AvgIpc) is 3.22. The van der Waals surface area contributed by atoms with Gasteiger partial charge in [0.25, 0.3) is 0 Å². The molecule has 2 heterocycles. The van der Waals surface area contributed by atoms with Gasteiger partial charge in [-0.25, -0.2) is 0 Å². The van der Waals surface area contributed by atoms with Gasteiger partial charge in [0.1, 0.15) is 0 Å². The molecule has 0 spiro atoms. The molecule has 0 saturated carbocycles. The Morgan fingerprint density at radius 1 is 1.00 bits per heavy atom. The third kappa shape index (κ3) is 3.67. The number of nitrogens with one attached hydrogen (secondary N) is 1. The van der Waals surface area contributed by atoms with Crippen molar-refractivity contribution in [2.75, 3.05) is 19.5 Å². The first-order valence-electron chi connectivity index (χ1n) is 11.7. The lowest BCUT2D eigenvalue weighted by Crippen LogP contribution is -2.29. The quantitative estimate of drug-likeness (QED) is 0.499. The molecule has 0 saturated heterocycles. The van der Waals surface area contributed by atoms with Gasteiger partial charge in [0.15, 0.2) is 17.3 Å². The van der Waals surface area contributed by atoms with Crippen LogP contribution in [0.1, 0.15) is 72.4 Å². The number of nitrogens with zero attached hydrogens (tertiary/aromatic N) is 1. The van der Waals surface area contributed by atoms with E-state index in [2.05, 4.69) is 48.6 Å². The molecule has 1 N–H and O–H groups in total. The second-order valence-corrected chi connectivity index (χ2v) is 9.43. The predicted octanol–water partition coefficient (Wildman–Crippen LogP) is 6.08. The van der Waals surface area contributed by atoms with Gasteiger partial charge in [-0.05, 0) is 54.0 Å². The van der Waals surface area contributed by atoms with Gasteiger partial charge < -0.3 is 19.3 Å². The summed E-state index contributed by atoms with van der Waals surface area (Å²) in [4.78, 5) is 13.7. The predicted molar refractivity (Wildman–Crippen MR) is 131 cm³/mol. The molecule has 0 amide bonds. The minimum absolute atomic E-state index is 0.0353. The molecule has 0 fully saturated rings. The van der Waals surface area contributed by atoms with E-state index in [9.17, 15) is 4.79 Å². The van der Waals surface area contributed by atoms with Crippen molar-refractivity contribution >= 4 is 11.7 Å². The number of carbonyl (C=O) groups is 1. The van der Waals surface area contributed by atoms with Crippen LogP contribution in [0.3, 0.4) is 0 Å². The number of Topliss-reactive ketones (excluding diaryl/α,β-unsaturated/α-hetero) is 1. The van der Waals surface area contributed by atoms with Crippen LogP contribution in [0, 0.1) is 6.92 Å². The SMILES string of the molecule is COc1ccc([C@@H]2CC(=O)C3=C(C2)Nc2onc(C)c2[C@@H]3c2ccc(C(C)C)cc2)cc1OC. The summed E-state index contributed by atoms with van der Waals surface area (Å²) in [7, 11) is 3.25. The lowest BCUT2D eigenvalue weighted by molar-refractivity contribution is -0.116. The van der Waals surface area contributed by atoms with E-state index in [0.717, 1.165) is 33.7 Å². The molecule has 2 atom stereocenters. The Morgan fingerprint density at radius 3 is 2.38 bits per heavy atom. The number of carbonyl (C=O) groups excluding carboxylic acids is 1. The summed E-state index contributed by atoms with van der Waals surface area (Å²) in [5.41, 5.74) is 6.92. The minimum Gasteiger partial charge on any atom is -0.493 e. The summed E-state index contributed by atoms with van der Waals surface area (Å²) in [6.07, 6.45) is 1.15. The fourth-order valence-corrected chi connectivity index (χ4v) is 5.22. The number of fused-ring (bicyclic) bond motifs is 1. The molecule has 0 unspecified atom stereocenters. The minimum atomic E-state index is -0.183. The highest BCUT2D eigenvalue weighted by Gasteiger charge is 2.41. The van der Waals surface area contributed by atoms with Gasteiger partial charge in [-0.15, -0.1) is 0 Å². The van der Waals surface area contributed by atoms with Crippen molar-refractivity contribution in [1.82, 2.24) is 5.16 Å². The molecule has 6 nitrogen and oxygen atoms in total. The first-order valence-corrected chi connectivity index (χ1v) is 11.7. The normalized spacial score (nSPS) is 19.5. The topological polar surface area (TPSA) is 73.6 Å². The monoisotopic (exact) mass is 458 g/mol. The van der Waals surface area contributed by atoms with Crippen LogP contribution in [0.2, 0.25) is 0 Å². The van der Waals surface area contributed by atoms with Crippen LogP contribution in [0.5, 0.6) is 11.5 Å². The smallest absolute Gasteiger partial charge is 0.233 e. The van der Waals surface area contributed by atoms with Gasteiger partial charge in [0, 0.05) is 23.6 Å². The Kier molecular flexibility index (Phi) is 5.68. The van der Waals surface area contributed by atoms with Crippen molar-refractivity contribution in [3.8, 4) is 11.5 Å². The van der Waals surface area contributed by atoms with Crippen LogP contribution in [-0.2, 0) is 4.79 Å². The number of anilines is 1. The number of benzene rings is 2. The van der Waals surface area contributed by atoms with Crippen LogP contribution < -0.4 is 14.8 Å². The second kappa shape index (κ2) is 8.67. The highest BCUT2D eigenvalue weighted by atomic mass is 16.5. The third-order valence-corrected chi connectivity index (χ3v) is 7.07. The zero-order valence-corrected chi connectivity index (χ0v) is 20.3. The number of methoxy groups -OCH3 is 2. The molecule has 0 radical (unpaired) electrons. The molecule has 1 aliphatic carbocycles. The van der Waals surface area contributed by atoms with Crippen LogP contribution in [0.25, 0.3) is 0 Å². The lowest BCUT2D eigenvalue weighted by atomic mass is 9.72. The van der Waals surface area contributed by atoms with Crippen molar-refractivity contribution in [1.29, 1.82) is 0 Å². The maximum Gasteiger partial charge on any atom is 0.233 e. The van der Waals surface area contributed by atoms with E-state index in [1.807, 2.05) is 25.1 Å². The Bertz CT molecular complexity index is 1270. The summed E-state index contributed by atoms with van der Waals surface area (Å²) in [5.74, 6) is 2.43. The van der Waals surface area contributed by atoms with E-state index >= 15 is 0 Å². The summed E-state index contributed by atoms with van der Waals surface area (Å²) in [6.45, 7) is 6.30. The molecule has 5 rings (SSSR count). The average molecular weight is 459 g/mol. The van der Waals surface area contributed by atoms with Gasteiger partial charge in [-0.3, -0.25) is 4.79 Å².